The van der Waals surface area contributed by atoms with E-state index in [-0.39, 0.29) is 18.5 Å². The maximum atomic E-state index is 14.1. The fourth-order valence-corrected chi connectivity index (χ4v) is 12.7. The molecule has 1 aromatic carbocycles. The first-order chi connectivity index (χ1) is 44.8. The van der Waals surface area contributed by atoms with E-state index in [1.807, 2.05) is 42.5 Å². The van der Waals surface area contributed by atoms with Gasteiger partial charge in [-0.25, -0.2) is 0 Å². The van der Waals surface area contributed by atoms with Crippen LogP contribution in [0.2, 0.25) is 0 Å². The highest BCUT2D eigenvalue weighted by Crippen LogP contribution is 2.38. The number of nitrogens with one attached hydrogen (secondary N) is 2. The van der Waals surface area contributed by atoms with Gasteiger partial charge in [0, 0.05) is 19.8 Å². The molecule has 3 fully saturated rings. The lowest BCUT2D eigenvalue weighted by Crippen LogP contribution is -2.72. The monoisotopic (exact) mass is 1340 g/mol. The third kappa shape index (κ3) is 28.5. The van der Waals surface area contributed by atoms with Crippen LogP contribution in [0.15, 0.2) is 36.4 Å². The Hall–Kier alpha value is -3.39. The first kappa shape index (κ1) is 84.8. The number of aliphatic hydroxyl groups is 11. The van der Waals surface area contributed by atoms with Gasteiger partial charge in [-0.05, 0) is 37.9 Å². The number of hydrogen-bond donors (Lipinski definition) is 14. The molecule has 94 heavy (non-hydrogen) atoms. The molecule has 0 spiro atoms. The third-order valence-electron chi connectivity index (χ3n) is 18.3. The molecule has 17 N–H and O–H groups in total. The summed E-state index contributed by atoms with van der Waals surface area (Å²) in [6.45, 7) is 5.46. The number of carboxylic acid groups (broad SMARTS) is 1. The van der Waals surface area contributed by atoms with E-state index < -0.39 is 161 Å². The minimum absolute atomic E-state index is 0. The fourth-order valence-electron chi connectivity index (χ4n) is 12.7. The number of carbonyl (C=O) groups is 3. The molecule has 3 heterocycles. The van der Waals surface area contributed by atoms with Crippen molar-refractivity contribution in [3.8, 4) is 0 Å². The topological polar surface area (TPSA) is 416 Å². The normalized spacial score (nSPS) is 28.1. The number of aliphatic carboxylic acids is 1. The molecule has 0 aliphatic carbocycles. The molecular formula is C69H124N4O21. The van der Waals surface area contributed by atoms with Gasteiger partial charge in [0.1, 0.15) is 73.1 Å². The number of carboxylic acids is 1. The van der Waals surface area contributed by atoms with Crippen molar-refractivity contribution in [2.24, 2.45) is 0 Å². The van der Waals surface area contributed by atoms with E-state index in [0.29, 0.717) is 19.5 Å². The van der Waals surface area contributed by atoms with Crippen molar-refractivity contribution in [3.63, 3.8) is 0 Å². The smallest absolute Gasteiger partial charge is 0.220 e. The highest BCUT2D eigenvalue weighted by molar-refractivity contribution is 5.76. The minimum Gasteiger partial charge on any atom is -0.544 e. The maximum Gasteiger partial charge on any atom is 0.220 e. The Labute approximate surface area is 558 Å². The summed E-state index contributed by atoms with van der Waals surface area (Å²) in [6.07, 6.45) is 3.93. The summed E-state index contributed by atoms with van der Waals surface area (Å²) in [4.78, 5) is 41.6. The summed E-state index contributed by atoms with van der Waals surface area (Å²) >= 11 is 0. The number of ether oxygens (including phenoxy) is 6. The summed E-state index contributed by atoms with van der Waals surface area (Å²) in [5, 5.41) is 141. The van der Waals surface area contributed by atoms with Crippen LogP contribution in [0.5, 0.6) is 0 Å². The van der Waals surface area contributed by atoms with E-state index >= 15 is 0 Å². The first-order valence-corrected chi connectivity index (χ1v) is 35.3. The first-order valence-electron chi connectivity index (χ1n) is 35.3. The number of nitrogens with zero attached hydrogens (tertiary/aromatic N) is 1. The highest BCUT2D eigenvalue weighted by Gasteiger charge is 2.58. The van der Waals surface area contributed by atoms with Gasteiger partial charge < -0.3 is 111 Å². The summed E-state index contributed by atoms with van der Waals surface area (Å²) in [6, 6.07) is 6.30. The second-order valence-electron chi connectivity index (χ2n) is 26.0. The van der Waals surface area contributed by atoms with Crippen molar-refractivity contribution < 1.29 is 104 Å². The Kier molecular flexibility index (Phi) is 42.9. The van der Waals surface area contributed by atoms with E-state index in [9.17, 15) is 75.7 Å². The van der Waals surface area contributed by atoms with Crippen molar-refractivity contribution in [1.29, 1.82) is 0 Å². The van der Waals surface area contributed by atoms with E-state index in [1.165, 1.54) is 64.2 Å². The van der Waals surface area contributed by atoms with Gasteiger partial charge in [-0.1, -0.05) is 217 Å². The number of benzene rings is 1. The van der Waals surface area contributed by atoms with E-state index in [2.05, 4.69) is 36.3 Å². The van der Waals surface area contributed by atoms with Crippen LogP contribution in [0.1, 0.15) is 219 Å². The van der Waals surface area contributed by atoms with Gasteiger partial charge in [0.15, 0.2) is 12.6 Å². The van der Waals surface area contributed by atoms with Crippen molar-refractivity contribution in [1.82, 2.24) is 21.7 Å². The number of amides is 2. The highest BCUT2D eigenvalue weighted by atomic mass is 16.8. The summed E-state index contributed by atoms with van der Waals surface area (Å²) in [5.41, 5.74) is 0.902. The van der Waals surface area contributed by atoms with E-state index in [4.69, 9.17) is 28.4 Å². The van der Waals surface area contributed by atoms with Crippen LogP contribution in [-0.2, 0) is 42.8 Å². The van der Waals surface area contributed by atoms with Crippen LogP contribution in [-0.4, -0.2) is 234 Å². The second kappa shape index (κ2) is 47.6. The Bertz CT molecular complexity index is 2160. The Morgan fingerprint density at radius 1 is 0.660 bits per heavy atom. The standard InChI is InChI=1S/C69H121N3O21.H3N/c1-5-8-11-14-17-18-19-20-21-22-23-24-25-26-32-37-55(79)71-49(57(80)50(39-38-48-35-30-29-31-36-48)72(40-33-27-15-12-9-6-2)41-34-28-16-13-10-7-3)46-88-66-61(84)60(83)63(54(45-75)90-66)91-67-62(85)65(59(82)53(44-74)89-67)93-69(68(86)87)42-51(77)56(70-47(4)76)64(92-69)58(81)52(78)43-73;/h29-31,35-36,38-39,49-54,56-67,73-75,77-78,80-85H,5-28,32-34,37,40-46H2,1-4H3,(H,70,76)(H,71,79)(H,86,87);1H3/b39-38+;/t49-,50?,51-,52+,53+,54+,56?,57-,58+,59-,60+,61+,62+,63+,64?,65-,66+,67-,69-;/m0./s1. The van der Waals surface area contributed by atoms with Crippen molar-refractivity contribution in [3.05, 3.63) is 42.0 Å². The molecule has 19 atom stereocenters. The van der Waals surface area contributed by atoms with Crippen LogP contribution < -0.4 is 21.9 Å². The van der Waals surface area contributed by atoms with Gasteiger partial charge >= 0.3 is 0 Å². The van der Waals surface area contributed by atoms with Crippen molar-refractivity contribution >= 4 is 23.9 Å². The van der Waals surface area contributed by atoms with Gasteiger partial charge in [0.2, 0.25) is 17.6 Å². The van der Waals surface area contributed by atoms with E-state index in [1.54, 1.807) is 0 Å². The summed E-state index contributed by atoms with van der Waals surface area (Å²) < 4.78 is 35.4. The Balaban J connectivity index is 0.0000230. The quantitative estimate of drug-likeness (QED) is 0.0409. The summed E-state index contributed by atoms with van der Waals surface area (Å²) in [7, 11) is 0. The predicted molar refractivity (Wildman–Crippen MR) is 352 cm³/mol. The molecule has 1 aromatic rings. The molecule has 0 aromatic heterocycles. The lowest BCUT2D eigenvalue weighted by Gasteiger charge is -2.52. The molecule has 25 heteroatoms. The van der Waals surface area contributed by atoms with Gasteiger partial charge in [0.25, 0.3) is 0 Å². The predicted octanol–water partition coefficient (Wildman–Crippen LogP) is 4.05. The number of unbranched alkanes of at least 4 members (excludes halogenated alkanes) is 24. The lowest BCUT2D eigenvalue weighted by atomic mass is 9.88. The largest absolute Gasteiger partial charge is 0.544 e. The minimum atomic E-state index is -3.21. The molecule has 0 saturated carbocycles. The molecule has 2 amide bonds. The van der Waals surface area contributed by atoms with Crippen LogP contribution in [0.25, 0.3) is 6.08 Å². The lowest BCUT2D eigenvalue weighted by molar-refractivity contribution is -0.411. The third-order valence-corrected chi connectivity index (χ3v) is 18.3. The number of quaternary nitrogens is 1. The average Bonchev–Trinajstić information content (AvgIpc) is 0.762. The molecule has 25 nitrogen and oxygen atoms in total. The molecule has 3 unspecified atom stereocenters. The molecule has 3 aliphatic heterocycles. The number of aliphatic hydroxyl groups excluding tert-OH is 11. The van der Waals surface area contributed by atoms with Crippen molar-refractivity contribution in [2.45, 2.75) is 330 Å². The molecule has 0 bridgehead atoms. The van der Waals surface area contributed by atoms with Gasteiger partial charge in [0.05, 0.1) is 56.8 Å². The van der Waals surface area contributed by atoms with Crippen LogP contribution in [0.3, 0.4) is 0 Å². The van der Waals surface area contributed by atoms with Gasteiger partial charge in [-0.15, -0.1) is 0 Å². The summed E-state index contributed by atoms with van der Waals surface area (Å²) in [5.74, 6) is -6.54. The molecule has 4 rings (SSSR count). The van der Waals surface area contributed by atoms with Gasteiger partial charge in [-0.3, -0.25) is 14.5 Å². The zero-order chi connectivity index (χ0) is 68.1. The van der Waals surface area contributed by atoms with Gasteiger partial charge in [-0.2, -0.15) is 0 Å². The number of rotatable bonds is 50. The van der Waals surface area contributed by atoms with Crippen LogP contribution >= 0.6 is 0 Å². The van der Waals surface area contributed by atoms with Crippen LogP contribution in [0.4, 0.5) is 0 Å². The zero-order valence-electron chi connectivity index (χ0n) is 57.1. The SMILES string of the molecule is CCCCCCCCCCCCCCCCCC(=O)N[C@@H](CO[C@@H]1O[C@H](CO)[C@@H](O[C@@H]2O[C@H](CO)[C@H](O)[C@H](O[C@]3(C(=O)[O-])C[C@H](O)C(NC(C)=O)C([C@H](O)[C@H](O)CO)O3)[C@H]2O)[C@H](O)[C@H]1O)[C@H](O)C(/C=C/c1ccccc1)N(CCCCCCCC)CCCCCCCC.[NH4+]. The second-order valence-corrected chi connectivity index (χ2v) is 26.0. The fraction of sp³-hybridized carbons (Fsp3) is 0.841. The number of hydrogen-bond acceptors (Lipinski definition) is 22. The average molecular weight is 1350 g/mol. The molecule has 3 aliphatic rings. The van der Waals surface area contributed by atoms with Crippen molar-refractivity contribution in [2.75, 3.05) is 39.5 Å². The zero-order valence-corrected chi connectivity index (χ0v) is 57.1. The molecular weight excluding hydrogens is 1220 g/mol. The molecule has 3 saturated heterocycles. The Morgan fingerprint density at radius 2 is 1.16 bits per heavy atom. The van der Waals surface area contributed by atoms with Crippen LogP contribution in [0, 0.1) is 0 Å². The molecule has 546 valence electrons. The Morgan fingerprint density at radius 3 is 1.65 bits per heavy atom. The maximum absolute atomic E-state index is 14.1. The number of carbonyl (C=O) groups excluding carboxylic acids is 3. The van der Waals surface area contributed by atoms with E-state index in [0.717, 1.165) is 115 Å². The molecule has 0 radical (unpaired) electrons.